The van der Waals surface area contributed by atoms with Crippen molar-refractivity contribution in [1.29, 1.82) is 0 Å². The second-order valence-electron chi connectivity index (χ2n) is 5.33. The Bertz CT molecular complexity index is 414. The number of imidazole rings is 1. The van der Waals surface area contributed by atoms with E-state index in [9.17, 15) is 4.79 Å². The average Bonchev–Trinajstić information content (AvgIpc) is 3.15. The third-order valence-corrected chi connectivity index (χ3v) is 3.63. The summed E-state index contributed by atoms with van der Waals surface area (Å²) in [5.41, 5.74) is 5.93. The summed E-state index contributed by atoms with van der Waals surface area (Å²) in [6, 6.07) is -0.179. The smallest absolute Gasteiger partial charge is 0.320 e. The highest BCUT2D eigenvalue weighted by Gasteiger charge is 2.20. The van der Waals surface area contributed by atoms with Crippen LogP contribution >= 0.6 is 0 Å². The molecule has 4 N–H and O–H groups in total. The Morgan fingerprint density at radius 3 is 2.86 bits per heavy atom. The number of carbonyl (C=O) groups is 1. The highest BCUT2D eigenvalue weighted by Crippen LogP contribution is 2.11. The molecule has 2 heterocycles. The van der Waals surface area contributed by atoms with Crippen LogP contribution in [0.5, 0.6) is 0 Å². The van der Waals surface area contributed by atoms with Crippen molar-refractivity contribution in [2.24, 2.45) is 5.73 Å². The molecule has 120 valence electrons. The van der Waals surface area contributed by atoms with Gasteiger partial charge in [-0.3, -0.25) is 4.79 Å². The highest BCUT2D eigenvalue weighted by atomic mass is 16.4. The molecule has 1 saturated heterocycles. The van der Waals surface area contributed by atoms with Gasteiger partial charge in [-0.2, -0.15) is 0 Å². The topological polar surface area (TPSA) is 93.2 Å². The van der Waals surface area contributed by atoms with E-state index in [2.05, 4.69) is 28.7 Å². The van der Waals surface area contributed by atoms with Crippen LogP contribution in [0.3, 0.4) is 0 Å². The number of carboxylic acids is 1. The number of aryl methyl sites for hydroxylation is 1. The molecule has 21 heavy (non-hydrogen) atoms. The summed E-state index contributed by atoms with van der Waals surface area (Å²) < 4.78 is 2.16. The summed E-state index contributed by atoms with van der Waals surface area (Å²) in [5.74, 6) is 0.304. The number of nitrogens with zero attached hydrogens (tertiary/aromatic N) is 2. The summed E-state index contributed by atoms with van der Waals surface area (Å²) in [6.45, 7) is 6.18. The highest BCUT2D eigenvalue weighted by molar-refractivity contribution is 5.73. The van der Waals surface area contributed by atoms with Gasteiger partial charge in [0.25, 0.3) is 0 Å². The molecule has 1 aromatic rings. The fourth-order valence-electron chi connectivity index (χ4n) is 2.24. The van der Waals surface area contributed by atoms with Gasteiger partial charge in [0.1, 0.15) is 11.9 Å². The van der Waals surface area contributed by atoms with E-state index < -0.39 is 5.97 Å². The van der Waals surface area contributed by atoms with Gasteiger partial charge in [-0.25, -0.2) is 4.98 Å². The Hall–Kier alpha value is -1.40. The number of unbranched alkanes of at least 4 members (excludes halogenated alkanes) is 1. The minimum Gasteiger partial charge on any atom is -0.480 e. The van der Waals surface area contributed by atoms with Crippen molar-refractivity contribution in [2.45, 2.75) is 64.6 Å². The molecule has 0 radical (unpaired) electrons. The van der Waals surface area contributed by atoms with E-state index in [1.807, 2.05) is 12.4 Å². The summed E-state index contributed by atoms with van der Waals surface area (Å²) in [4.78, 5) is 14.4. The van der Waals surface area contributed by atoms with Gasteiger partial charge < -0.3 is 20.7 Å². The fourth-order valence-corrected chi connectivity index (χ4v) is 2.24. The molecule has 6 heteroatoms. The maximum atomic E-state index is 10.1. The van der Waals surface area contributed by atoms with Crippen LogP contribution in [0.25, 0.3) is 0 Å². The molecule has 0 bridgehead atoms. The van der Waals surface area contributed by atoms with Crippen LogP contribution in [0.4, 0.5) is 0 Å². The first-order valence-electron chi connectivity index (χ1n) is 7.82. The van der Waals surface area contributed by atoms with E-state index in [-0.39, 0.29) is 12.1 Å². The van der Waals surface area contributed by atoms with Crippen molar-refractivity contribution < 1.29 is 9.90 Å². The minimum atomic E-state index is -0.720. The van der Waals surface area contributed by atoms with Gasteiger partial charge in [-0.15, -0.1) is 0 Å². The Kier molecular flexibility index (Phi) is 8.00. The van der Waals surface area contributed by atoms with Crippen LogP contribution in [-0.2, 0) is 11.3 Å². The van der Waals surface area contributed by atoms with Crippen molar-refractivity contribution in [3.63, 3.8) is 0 Å². The molecule has 2 atom stereocenters. The molecule has 1 aliphatic rings. The molecule has 1 aromatic heterocycles. The largest absolute Gasteiger partial charge is 0.480 e. The van der Waals surface area contributed by atoms with Gasteiger partial charge in [0, 0.05) is 18.9 Å². The standard InChI is InChI=1S/C10H19N3.C5H9NO2/c1-3-5-7-13-8-6-12-10(13)9(11)4-2;7-5(8)4-2-1-3-6-4/h6,8-9H,3-5,7,11H2,1-2H3;4,6H,1-3H2,(H,7,8)/t;4-/m.0/s1. The van der Waals surface area contributed by atoms with Crippen LogP contribution in [-0.4, -0.2) is 33.2 Å². The Morgan fingerprint density at radius 1 is 1.62 bits per heavy atom. The second-order valence-corrected chi connectivity index (χ2v) is 5.33. The van der Waals surface area contributed by atoms with Crippen molar-refractivity contribution in [2.75, 3.05) is 6.54 Å². The van der Waals surface area contributed by atoms with Gasteiger partial charge in [0.2, 0.25) is 0 Å². The number of hydrogen-bond acceptors (Lipinski definition) is 4. The minimum absolute atomic E-state index is 0.0897. The zero-order valence-electron chi connectivity index (χ0n) is 13.1. The first-order valence-corrected chi connectivity index (χ1v) is 7.82. The lowest BCUT2D eigenvalue weighted by Crippen LogP contribution is -2.29. The third kappa shape index (κ3) is 5.85. The van der Waals surface area contributed by atoms with Crippen molar-refractivity contribution >= 4 is 5.97 Å². The normalized spacial score (nSPS) is 18.9. The lowest BCUT2D eigenvalue weighted by molar-refractivity contribution is -0.139. The third-order valence-electron chi connectivity index (χ3n) is 3.63. The Morgan fingerprint density at radius 2 is 2.38 bits per heavy atom. The van der Waals surface area contributed by atoms with E-state index in [0.717, 1.165) is 38.2 Å². The molecule has 1 aliphatic heterocycles. The van der Waals surface area contributed by atoms with Crippen LogP contribution in [0, 0.1) is 0 Å². The number of nitrogens with two attached hydrogens (primary N) is 1. The number of carboxylic acid groups (broad SMARTS) is 1. The van der Waals surface area contributed by atoms with Crippen LogP contribution in [0.1, 0.15) is 57.8 Å². The van der Waals surface area contributed by atoms with Gasteiger partial charge >= 0.3 is 5.97 Å². The first-order chi connectivity index (χ1) is 10.1. The number of rotatable bonds is 6. The molecule has 1 fully saturated rings. The summed E-state index contributed by atoms with van der Waals surface area (Å²) in [7, 11) is 0. The number of hydrogen-bond donors (Lipinski definition) is 3. The molecule has 1 unspecified atom stereocenters. The molecular formula is C15H28N4O2. The molecule has 0 aromatic carbocycles. The second kappa shape index (κ2) is 9.52. The quantitative estimate of drug-likeness (QED) is 0.745. The molecule has 0 spiro atoms. The van der Waals surface area contributed by atoms with Crippen LogP contribution in [0.2, 0.25) is 0 Å². The van der Waals surface area contributed by atoms with Gasteiger partial charge in [-0.05, 0) is 32.2 Å². The first kappa shape index (κ1) is 17.7. The lowest BCUT2D eigenvalue weighted by Gasteiger charge is -2.11. The van der Waals surface area contributed by atoms with Gasteiger partial charge in [0.05, 0.1) is 6.04 Å². The zero-order valence-corrected chi connectivity index (χ0v) is 13.1. The lowest BCUT2D eigenvalue weighted by atomic mass is 10.2. The molecule has 6 nitrogen and oxygen atoms in total. The van der Waals surface area contributed by atoms with E-state index in [0.29, 0.717) is 0 Å². The molecule has 0 aliphatic carbocycles. The van der Waals surface area contributed by atoms with Gasteiger partial charge in [-0.1, -0.05) is 20.3 Å². The summed E-state index contributed by atoms with van der Waals surface area (Å²) >= 11 is 0. The maximum absolute atomic E-state index is 10.1. The number of aliphatic carboxylic acids is 1. The van der Waals surface area contributed by atoms with Crippen molar-refractivity contribution in [1.82, 2.24) is 14.9 Å². The van der Waals surface area contributed by atoms with Crippen LogP contribution < -0.4 is 11.1 Å². The van der Waals surface area contributed by atoms with E-state index >= 15 is 0 Å². The molecular weight excluding hydrogens is 268 g/mol. The molecule has 0 amide bonds. The Balaban J connectivity index is 0.000000235. The van der Waals surface area contributed by atoms with Crippen molar-refractivity contribution in [3.05, 3.63) is 18.2 Å². The molecule has 2 rings (SSSR count). The monoisotopic (exact) mass is 296 g/mol. The zero-order chi connectivity index (χ0) is 15.7. The van der Waals surface area contributed by atoms with E-state index in [4.69, 9.17) is 10.8 Å². The molecule has 0 saturated carbocycles. The van der Waals surface area contributed by atoms with Crippen LogP contribution in [0.15, 0.2) is 12.4 Å². The van der Waals surface area contributed by atoms with E-state index in [1.165, 1.54) is 12.8 Å². The predicted molar refractivity (Wildman–Crippen MR) is 83.0 cm³/mol. The maximum Gasteiger partial charge on any atom is 0.320 e. The van der Waals surface area contributed by atoms with Gasteiger partial charge in [0.15, 0.2) is 0 Å². The summed E-state index contributed by atoms with van der Waals surface area (Å²) in [6.07, 6.45) is 8.98. The predicted octanol–water partition coefficient (Wildman–Crippen LogP) is 1.92. The van der Waals surface area contributed by atoms with Crippen molar-refractivity contribution in [3.8, 4) is 0 Å². The number of nitrogens with one attached hydrogen (secondary N) is 1. The SMILES string of the molecule is CCCCn1ccnc1C(N)CC.O=C(O)[C@@H]1CCCN1. The fraction of sp³-hybridized carbons (Fsp3) is 0.733. The Labute approximate surface area is 126 Å². The number of aromatic nitrogens is 2. The summed E-state index contributed by atoms with van der Waals surface area (Å²) in [5, 5.41) is 11.2. The average molecular weight is 296 g/mol. The van der Waals surface area contributed by atoms with E-state index in [1.54, 1.807) is 0 Å².